The maximum atomic E-state index is 4.53. The minimum atomic E-state index is 0.670. The molecule has 3 nitrogen and oxygen atoms in total. The second-order valence-corrected chi connectivity index (χ2v) is 6.13. The number of nitrogens with one attached hydrogen (secondary N) is 1. The summed E-state index contributed by atoms with van der Waals surface area (Å²) in [6.45, 7) is 1.18. The number of hydrogen-bond donors (Lipinski definition) is 1. The van der Waals surface area contributed by atoms with Gasteiger partial charge in [-0.15, -0.1) is 0 Å². The second kappa shape index (κ2) is 5.06. The summed E-state index contributed by atoms with van der Waals surface area (Å²) in [4.78, 5) is 0. The molecule has 1 aromatic carbocycles. The molecular weight excluding hydrogens is 246 g/mol. The van der Waals surface area contributed by atoms with E-state index in [0.29, 0.717) is 5.92 Å². The molecule has 2 aliphatic carbocycles. The van der Waals surface area contributed by atoms with Crippen molar-refractivity contribution < 1.29 is 0 Å². The minimum absolute atomic E-state index is 0.670. The highest BCUT2D eigenvalue weighted by molar-refractivity contribution is 5.34. The van der Waals surface area contributed by atoms with Gasteiger partial charge in [-0.3, -0.25) is 0 Å². The first-order chi connectivity index (χ1) is 9.92. The Morgan fingerprint density at radius 2 is 1.90 bits per heavy atom. The summed E-state index contributed by atoms with van der Waals surface area (Å²) in [6, 6.07) is 13.5. The van der Waals surface area contributed by atoms with E-state index in [-0.39, 0.29) is 0 Å². The Morgan fingerprint density at radius 3 is 2.60 bits per heavy atom. The summed E-state index contributed by atoms with van der Waals surface area (Å²) in [5.41, 5.74) is 2.55. The van der Waals surface area contributed by atoms with E-state index in [1.807, 2.05) is 6.20 Å². The van der Waals surface area contributed by atoms with Crippen LogP contribution in [-0.4, -0.2) is 22.4 Å². The lowest BCUT2D eigenvalue weighted by Crippen LogP contribution is -2.35. The summed E-state index contributed by atoms with van der Waals surface area (Å²) in [6.07, 6.45) is 7.34. The molecule has 2 fully saturated rings. The van der Waals surface area contributed by atoms with Crippen LogP contribution < -0.4 is 5.32 Å². The molecule has 1 heterocycles. The topological polar surface area (TPSA) is 29.9 Å². The van der Waals surface area contributed by atoms with Crippen LogP contribution in [0, 0.1) is 5.92 Å². The summed E-state index contributed by atoms with van der Waals surface area (Å²) in [7, 11) is 0. The van der Waals surface area contributed by atoms with Gasteiger partial charge in [-0.05, 0) is 56.3 Å². The van der Waals surface area contributed by atoms with Crippen LogP contribution in [0.1, 0.15) is 37.3 Å². The Labute approximate surface area is 120 Å². The van der Waals surface area contributed by atoms with E-state index in [4.69, 9.17) is 0 Å². The smallest absolute Gasteiger partial charge is 0.0648 e. The normalized spacial score (nSPS) is 25.4. The van der Waals surface area contributed by atoms with Crippen molar-refractivity contribution in [2.24, 2.45) is 5.92 Å². The summed E-state index contributed by atoms with van der Waals surface area (Å²) < 4.78 is 2.12. The summed E-state index contributed by atoms with van der Waals surface area (Å²) >= 11 is 0. The lowest BCUT2D eigenvalue weighted by molar-refractivity contribution is 0.237. The minimum Gasteiger partial charge on any atom is -0.314 e. The molecule has 0 saturated heterocycles. The molecule has 2 aromatic rings. The molecule has 0 spiro atoms. The van der Waals surface area contributed by atoms with Gasteiger partial charge in [0.05, 0.1) is 5.69 Å². The molecule has 20 heavy (non-hydrogen) atoms. The largest absolute Gasteiger partial charge is 0.314 e. The average molecular weight is 267 g/mol. The first kappa shape index (κ1) is 12.2. The maximum Gasteiger partial charge on any atom is 0.0648 e. The fourth-order valence-electron chi connectivity index (χ4n) is 3.19. The van der Waals surface area contributed by atoms with E-state index in [9.17, 15) is 0 Å². The average Bonchev–Trinajstić information content (AvgIpc) is 3.16. The molecule has 2 unspecified atom stereocenters. The lowest BCUT2D eigenvalue weighted by atomic mass is 9.71. The molecule has 0 amide bonds. The molecule has 0 aliphatic heterocycles. The number of para-hydroxylation sites is 1. The van der Waals surface area contributed by atoms with Crippen molar-refractivity contribution in [3.63, 3.8) is 0 Å². The molecule has 0 radical (unpaired) electrons. The Balaban J connectivity index is 1.52. The highest BCUT2D eigenvalue weighted by Crippen LogP contribution is 2.42. The van der Waals surface area contributed by atoms with Gasteiger partial charge in [-0.1, -0.05) is 18.2 Å². The van der Waals surface area contributed by atoms with Crippen LogP contribution in [0.15, 0.2) is 42.6 Å². The first-order valence-corrected chi connectivity index (χ1v) is 7.74. The number of benzene rings is 1. The molecule has 2 aliphatic rings. The van der Waals surface area contributed by atoms with Crippen LogP contribution in [0.5, 0.6) is 0 Å². The third-order valence-corrected chi connectivity index (χ3v) is 4.72. The monoisotopic (exact) mass is 267 g/mol. The van der Waals surface area contributed by atoms with Crippen molar-refractivity contribution in [3.8, 4) is 5.69 Å². The van der Waals surface area contributed by atoms with E-state index in [1.54, 1.807) is 0 Å². The van der Waals surface area contributed by atoms with Gasteiger partial charge in [0.1, 0.15) is 0 Å². The van der Waals surface area contributed by atoms with Crippen molar-refractivity contribution in [1.82, 2.24) is 15.1 Å². The van der Waals surface area contributed by atoms with E-state index >= 15 is 0 Å². The molecule has 2 saturated carbocycles. The second-order valence-electron chi connectivity index (χ2n) is 6.13. The van der Waals surface area contributed by atoms with Gasteiger partial charge in [0.25, 0.3) is 0 Å². The van der Waals surface area contributed by atoms with Crippen LogP contribution in [0.3, 0.4) is 0 Å². The zero-order valence-corrected chi connectivity index (χ0v) is 11.7. The molecule has 3 heteroatoms. The molecule has 4 rings (SSSR count). The first-order valence-electron chi connectivity index (χ1n) is 7.74. The van der Waals surface area contributed by atoms with Gasteiger partial charge in [0, 0.05) is 23.9 Å². The maximum absolute atomic E-state index is 4.53. The van der Waals surface area contributed by atoms with Crippen LogP contribution in [0.2, 0.25) is 0 Å². The van der Waals surface area contributed by atoms with Gasteiger partial charge in [-0.25, -0.2) is 4.68 Å². The number of aromatic nitrogens is 2. The summed E-state index contributed by atoms with van der Waals surface area (Å²) in [5.74, 6) is 1.46. The summed E-state index contributed by atoms with van der Waals surface area (Å²) in [5, 5.41) is 8.21. The highest BCUT2D eigenvalue weighted by Gasteiger charge is 2.35. The van der Waals surface area contributed by atoms with Gasteiger partial charge < -0.3 is 5.32 Å². The van der Waals surface area contributed by atoms with E-state index in [2.05, 4.69) is 51.5 Å². The Bertz CT molecular complexity index is 571. The van der Waals surface area contributed by atoms with Crippen LogP contribution in [-0.2, 0) is 0 Å². The van der Waals surface area contributed by atoms with Crippen molar-refractivity contribution in [3.05, 3.63) is 48.3 Å². The zero-order chi connectivity index (χ0) is 13.4. The highest BCUT2D eigenvalue weighted by atomic mass is 15.3. The quantitative estimate of drug-likeness (QED) is 0.902. The number of nitrogens with zero attached hydrogens (tertiary/aromatic N) is 2. The number of rotatable bonds is 5. The third-order valence-electron chi connectivity index (χ3n) is 4.72. The Morgan fingerprint density at radius 1 is 1.05 bits per heavy atom. The van der Waals surface area contributed by atoms with Gasteiger partial charge in [0.15, 0.2) is 0 Å². The third kappa shape index (κ3) is 2.27. The fourth-order valence-corrected chi connectivity index (χ4v) is 3.19. The van der Waals surface area contributed by atoms with E-state index in [1.165, 1.54) is 43.6 Å². The molecule has 0 bridgehead atoms. The van der Waals surface area contributed by atoms with Crippen molar-refractivity contribution >= 4 is 0 Å². The SMILES string of the molecule is c1ccc(-n2nccc2C2CCC2CNC2CC2)cc1. The van der Waals surface area contributed by atoms with Crippen LogP contribution in [0.25, 0.3) is 5.69 Å². The van der Waals surface area contributed by atoms with Gasteiger partial charge in [0.2, 0.25) is 0 Å². The standard InChI is InChI=1S/C17H21N3/c1-2-4-15(5-3-1)20-17(10-11-19-20)16-9-6-13(16)12-18-14-7-8-14/h1-5,10-11,13-14,16,18H,6-9,12H2. The molecular formula is C17H21N3. The Kier molecular flexibility index (Phi) is 3.07. The predicted molar refractivity (Wildman–Crippen MR) is 80.1 cm³/mol. The molecule has 2 atom stereocenters. The predicted octanol–water partition coefficient (Wildman–Crippen LogP) is 3.12. The van der Waals surface area contributed by atoms with Crippen molar-refractivity contribution in [2.75, 3.05) is 6.54 Å². The van der Waals surface area contributed by atoms with Gasteiger partial charge in [-0.2, -0.15) is 5.10 Å². The van der Waals surface area contributed by atoms with Crippen LogP contribution >= 0.6 is 0 Å². The Hall–Kier alpha value is -1.61. The van der Waals surface area contributed by atoms with E-state index < -0.39 is 0 Å². The van der Waals surface area contributed by atoms with E-state index in [0.717, 1.165) is 12.0 Å². The lowest BCUT2D eigenvalue weighted by Gasteiger charge is -2.37. The molecule has 1 aromatic heterocycles. The fraction of sp³-hybridized carbons (Fsp3) is 0.471. The number of hydrogen-bond acceptors (Lipinski definition) is 2. The van der Waals surface area contributed by atoms with Crippen molar-refractivity contribution in [1.29, 1.82) is 0 Å². The molecule has 1 N–H and O–H groups in total. The molecule has 104 valence electrons. The van der Waals surface area contributed by atoms with Gasteiger partial charge >= 0.3 is 0 Å². The zero-order valence-electron chi connectivity index (χ0n) is 11.7. The van der Waals surface area contributed by atoms with Crippen LogP contribution in [0.4, 0.5) is 0 Å². The van der Waals surface area contributed by atoms with Crippen molar-refractivity contribution in [2.45, 2.75) is 37.6 Å².